The van der Waals surface area contributed by atoms with Crippen molar-refractivity contribution < 1.29 is 9.59 Å². The third-order valence-corrected chi connectivity index (χ3v) is 4.74. The Kier molecular flexibility index (Phi) is 6.04. The van der Waals surface area contributed by atoms with Crippen molar-refractivity contribution in [1.29, 1.82) is 0 Å². The predicted molar refractivity (Wildman–Crippen MR) is 97.5 cm³/mol. The Labute approximate surface area is 149 Å². The van der Waals surface area contributed by atoms with Crippen molar-refractivity contribution >= 4 is 18.3 Å². The highest BCUT2D eigenvalue weighted by Crippen LogP contribution is 2.16. The van der Waals surface area contributed by atoms with Crippen LogP contribution in [0.5, 0.6) is 0 Å². The van der Waals surface area contributed by atoms with Crippen molar-refractivity contribution in [2.24, 2.45) is 5.10 Å². The Balaban J connectivity index is 1.78. The van der Waals surface area contributed by atoms with E-state index in [-0.39, 0.29) is 12.1 Å². The summed E-state index contributed by atoms with van der Waals surface area (Å²) in [5, 5.41) is 5.33. The zero-order chi connectivity index (χ0) is 17.5. The molecule has 0 aliphatic carbocycles. The molecule has 0 N–H and O–H groups in total. The Bertz CT molecular complexity index is 575. The van der Waals surface area contributed by atoms with Gasteiger partial charge in [0.05, 0.1) is 6.21 Å². The molecule has 2 aliphatic heterocycles. The van der Waals surface area contributed by atoms with E-state index in [9.17, 15) is 9.59 Å². The number of benzene rings is 1. The highest BCUT2D eigenvalue weighted by molar-refractivity contribution is 5.95. The van der Waals surface area contributed by atoms with E-state index < -0.39 is 0 Å². The van der Waals surface area contributed by atoms with Crippen molar-refractivity contribution in [1.82, 2.24) is 14.8 Å². The van der Waals surface area contributed by atoms with Crippen LogP contribution in [0.15, 0.2) is 35.4 Å². The molecule has 6 nitrogen and oxygen atoms in total. The van der Waals surface area contributed by atoms with Crippen LogP contribution < -0.4 is 0 Å². The monoisotopic (exact) mass is 342 g/mol. The van der Waals surface area contributed by atoms with Crippen LogP contribution in [0.4, 0.5) is 9.59 Å². The first-order valence-electron chi connectivity index (χ1n) is 9.23. The average molecular weight is 342 g/mol. The van der Waals surface area contributed by atoms with Gasteiger partial charge in [-0.3, -0.25) is 0 Å². The zero-order valence-corrected chi connectivity index (χ0v) is 14.6. The van der Waals surface area contributed by atoms with E-state index >= 15 is 0 Å². The molecular formula is C19H26N4O2. The topological polar surface area (TPSA) is 56.2 Å². The quantitative estimate of drug-likeness (QED) is 0.610. The number of hydrogen-bond donors (Lipinski definition) is 0. The summed E-state index contributed by atoms with van der Waals surface area (Å²) < 4.78 is 0. The highest BCUT2D eigenvalue weighted by Gasteiger charge is 2.31. The van der Waals surface area contributed by atoms with Crippen LogP contribution in [0.1, 0.15) is 44.1 Å². The number of carbonyl (C=O) groups excluding carboxylic acids is 2. The summed E-state index contributed by atoms with van der Waals surface area (Å²) in [6.45, 7) is 2.79. The molecule has 0 saturated carbocycles. The largest absolute Gasteiger partial charge is 0.349 e. The summed E-state index contributed by atoms with van der Waals surface area (Å²) in [6, 6.07) is 8.93. The van der Waals surface area contributed by atoms with E-state index in [1.165, 1.54) is 0 Å². The normalized spacial score (nSPS) is 18.4. The molecule has 0 bridgehead atoms. The molecule has 2 heterocycles. The molecule has 25 heavy (non-hydrogen) atoms. The fourth-order valence-corrected chi connectivity index (χ4v) is 3.28. The number of hydrazone groups is 1. The number of nitrogens with zero attached hydrogens (tertiary/aromatic N) is 4. The summed E-state index contributed by atoms with van der Waals surface area (Å²) in [6.07, 6.45) is 7.80. The van der Waals surface area contributed by atoms with Crippen LogP contribution in [0.2, 0.25) is 0 Å². The molecular weight excluding hydrogens is 316 g/mol. The van der Waals surface area contributed by atoms with Gasteiger partial charge in [-0.25, -0.2) is 9.59 Å². The summed E-state index contributed by atoms with van der Waals surface area (Å²) in [5.41, 5.74) is 0.866. The van der Waals surface area contributed by atoms with E-state index in [0.717, 1.165) is 49.1 Å². The maximum absolute atomic E-state index is 12.9. The number of rotatable bonds is 2. The SMILES string of the molecule is O=C(N1CCCCC1)N(/N=C/c1ccccc1)C(=O)N1CCCCC1. The molecule has 134 valence electrons. The van der Waals surface area contributed by atoms with Gasteiger partial charge in [0.2, 0.25) is 0 Å². The summed E-state index contributed by atoms with van der Waals surface area (Å²) in [7, 11) is 0. The number of hydrogen-bond acceptors (Lipinski definition) is 3. The Morgan fingerprint density at radius 2 is 1.28 bits per heavy atom. The molecule has 2 aliphatic rings. The van der Waals surface area contributed by atoms with Gasteiger partial charge < -0.3 is 9.80 Å². The van der Waals surface area contributed by atoms with Crippen LogP contribution in [-0.2, 0) is 0 Å². The fraction of sp³-hybridized carbons (Fsp3) is 0.526. The lowest BCUT2D eigenvalue weighted by atomic mass is 10.1. The summed E-state index contributed by atoms with van der Waals surface area (Å²) >= 11 is 0. The van der Waals surface area contributed by atoms with Crippen molar-refractivity contribution in [2.45, 2.75) is 38.5 Å². The van der Waals surface area contributed by atoms with Crippen LogP contribution in [0.25, 0.3) is 0 Å². The van der Waals surface area contributed by atoms with Gasteiger partial charge >= 0.3 is 12.1 Å². The molecule has 4 amide bonds. The molecule has 3 rings (SSSR count). The second-order valence-corrected chi connectivity index (χ2v) is 6.63. The van der Waals surface area contributed by atoms with Gasteiger partial charge in [-0.1, -0.05) is 30.3 Å². The molecule has 0 aromatic heterocycles. The predicted octanol–water partition coefficient (Wildman–Crippen LogP) is 3.53. The molecule has 0 unspecified atom stereocenters. The highest BCUT2D eigenvalue weighted by atomic mass is 16.2. The van der Waals surface area contributed by atoms with Gasteiger partial charge in [0.15, 0.2) is 0 Å². The molecule has 6 heteroatoms. The van der Waals surface area contributed by atoms with E-state index in [1.54, 1.807) is 16.0 Å². The van der Waals surface area contributed by atoms with Crippen molar-refractivity contribution in [3.8, 4) is 0 Å². The maximum atomic E-state index is 12.9. The minimum absolute atomic E-state index is 0.303. The number of amides is 4. The first kappa shape index (κ1) is 17.5. The molecule has 1 aromatic rings. The van der Waals surface area contributed by atoms with Gasteiger partial charge in [0.25, 0.3) is 0 Å². The Hall–Kier alpha value is -2.37. The van der Waals surface area contributed by atoms with Crippen LogP contribution in [-0.4, -0.2) is 59.3 Å². The zero-order valence-electron chi connectivity index (χ0n) is 14.6. The second kappa shape index (κ2) is 8.65. The van der Waals surface area contributed by atoms with Crippen LogP contribution in [0, 0.1) is 0 Å². The Morgan fingerprint density at radius 3 is 1.76 bits per heavy atom. The molecule has 2 saturated heterocycles. The molecule has 0 radical (unpaired) electrons. The maximum Gasteiger partial charge on any atom is 0.349 e. The Morgan fingerprint density at radius 1 is 0.800 bits per heavy atom. The van der Waals surface area contributed by atoms with E-state index in [2.05, 4.69) is 5.10 Å². The minimum atomic E-state index is -0.303. The van der Waals surface area contributed by atoms with E-state index in [4.69, 9.17) is 0 Å². The van der Waals surface area contributed by atoms with Gasteiger partial charge in [0, 0.05) is 26.2 Å². The smallest absolute Gasteiger partial charge is 0.323 e. The number of piperidine rings is 2. The standard InChI is InChI=1S/C19H26N4O2/c24-18(21-12-6-2-7-13-21)23(19(25)22-14-8-3-9-15-22)20-16-17-10-4-1-5-11-17/h1,4-5,10-11,16H,2-3,6-9,12-15H2/b20-16+. The molecule has 0 atom stereocenters. The minimum Gasteiger partial charge on any atom is -0.323 e. The van der Waals surface area contributed by atoms with Crippen molar-refractivity contribution in [2.75, 3.05) is 26.2 Å². The van der Waals surface area contributed by atoms with Crippen LogP contribution >= 0.6 is 0 Å². The van der Waals surface area contributed by atoms with E-state index in [0.29, 0.717) is 26.2 Å². The van der Waals surface area contributed by atoms with Gasteiger partial charge in [-0.2, -0.15) is 5.10 Å². The lowest BCUT2D eigenvalue weighted by Crippen LogP contribution is -2.51. The molecule has 2 fully saturated rings. The molecule has 0 spiro atoms. The van der Waals surface area contributed by atoms with Gasteiger partial charge in [-0.15, -0.1) is 5.01 Å². The molecule has 1 aromatic carbocycles. The lowest BCUT2D eigenvalue weighted by molar-refractivity contribution is 0.125. The number of imide groups is 1. The first-order chi connectivity index (χ1) is 12.3. The third-order valence-electron chi connectivity index (χ3n) is 4.74. The second-order valence-electron chi connectivity index (χ2n) is 6.63. The van der Waals surface area contributed by atoms with Crippen LogP contribution in [0.3, 0.4) is 0 Å². The third kappa shape index (κ3) is 4.59. The van der Waals surface area contributed by atoms with Gasteiger partial charge in [0.1, 0.15) is 0 Å². The van der Waals surface area contributed by atoms with E-state index in [1.807, 2.05) is 30.3 Å². The lowest BCUT2D eigenvalue weighted by Gasteiger charge is -2.33. The number of likely N-dealkylation sites (tertiary alicyclic amines) is 2. The van der Waals surface area contributed by atoms with Crippen molar-refractivity contribution in [3.05, 3.63) is 35.9 Å². The number of urea groups is 2. The summed E-state index contributed by atoms with van der Waals surface area (Å²) in [4.78, 5) is 29.3. The van der Waals surface area contributed by atoms with Crippen molar-refractivity contribution in [3.63, 3.8) is 0 Å². The average Bonchev–Trinajstić information content (AvgIpc) is 2.70. The number of carbonyl (C=O) groups is 2. The van der Waals surface area contributed by atoms with Gasteiger partial charge in [-0.05, 0) is 44.1 Å². The first-order valence-corrected chi connectivity index (χ1v) is 9.23. The summed E-state index contributed by atoms with van der Waals surface area (Å²) in [5.74, 6) is 0. The fourth-order valence-electron chi connectivity index (χ4n) is 3.28.